The first-order valence-corrected chi connectivity index (χ1v) is 3.47. The highest BCUT2D eigenvalue weighted by molar-refractivity contribution is 4.90. The molecular weight excluding hydrogens is 221 g/mol. The number of alkyl halides is 7. The summed E-state index contributed by atoms with van der Waals surface area (Å²) in [5.41, 5.74) is 0. The van der Waals surface area contributed by atoms with E-state index in [1.165, 1.54) is 0 Å². The molecule has 0 saturated heterocycles. The number of halogens is 7. The summed E-state index contributed by atoms with van der Waals surface area (Å²) in [7, 11) is 0. The predicted molar refractivity (Wildman–Crippen MR) is 30.7 cm³/mol. The van der Waals surface area contributed by atoms with Gasteiger partial charge in [-0.2, -0.15) is 30.7 Å². The monoisotopic (exact) mass is 227 g/mol. The first kappa shape index (κ1) is 13.5. The Morgan fingerprint density at radius 2 is 1.29 bits per heavy atom. The van der Waals surface area contributed by atoms with Crippen molar-refractivity contribution in [2.24, 2.45) is 0 Å². The van der Waals surface area contributed by atoms with Crippen LogP contribution in [0, 0.1) is 0 Å². The number of hydrogen-bond donors (Lipinski definition) is 0. The summed E-state index contributed by atoms with van der Waals surface area (Å²) in [6, 6.07) is 0. The Hall–Kier alpha value is -0.530. The van der Waals surface area contributed by atoms with E-state index in [1.54, 1.807) is 0 Å². The Balaban J connectivity index is 4.69. The molecule has 0 aromatic heterocycles. The van der Waals surface area contributed by atoms with E-state index in [0.29, 0.717) is 0 Å². The van der Waals surface area contributed by atoms with E-state index in [2.05, 4.69) is 0 Å². The molecule has 0 saturated carbocycles. The van der Waals surface area contributed by atoms with E-state index in [1.807, 2.05) is 0 Å². The van der Waals surface area contributed by atoms with Crippen molar-refractivity contribution in [3.8, 4) is 0 Å². The molecule has 0 aliphatic rings. The first-order valence-electron chi connectivity index (χ1n) is 3.47. The third kappa shape index (κ3) is 2.49. The van der Waals surface area contributed by atoms with Gasteiger partial charge in [0.15, 0.2) is 0 Å². The van der Waals surface area contributed by atoms with Crippen LogP contribution >= 0.6 is 0 Å². The fourth-order valence-corrected chi connectivity index (χ4v) is 0.659. The van der Waals surface area contributed by atoms with E-state index >= 15 is 0 Å². The second kappa shape index (κ2) is 3.92. The van der Waals surface area contributed by atoms with Crippen LogP contribution in [-0.4, -0.2) is 24.6 Å². The molecule has 0 spiro atoms. The van der Waals surface area contributed by atoms with Gasteiger partial charge in [-0.25, -0.2) is 5.11 Å². The minimum atomic E-state index is -6.31. The quantitative estimate of drug-likeness (QED) is 0.658. The van der Waals surface area contributed by atoms with Crippen LogP contribution in [0.3, 0.4) is 0 Å². The van der Waals surface area contributed by atoms with Gasteiger partial charge in [-0.1, -0.05) is 0 Å². The summed E-state index contributed by atoms with van der Waals surface area (Å²) in [5, 5.41) is 9.69. The predicted octanol–water partition coefficient (Wildman–Crippen LogP) is 3.03. The SMILES string of the molecule is [O]CCCC(F)(F)C(F)(F)C(F)(F)F. The third-order valence-electron chi connectivity index (χ3n) is 1.45. The lowest BCUT2D eigenvalue weighted by Gasteiger charge is -2.27. The maximum atomic E-state index is 12.3. The molecule has 0 aliphatic carbocycles. The number of hydrogen-bond acceptors (Lipinski definition) is 0. The molecule has 0 atom stereocenters. The first-order chi connectivity index (χ1) is 6.06. The summed E-state index contributed by atoms with van der Waals surface area (Å²) in [4.78, 5) is 0. The Bertz CT molecular complexity index is 185. The van der Waals surface area contributed by atoms with Crippen molar-refractivity contribution in [1.82, 2.24) is 0 Å². The van der Waals surface area contributed by atoms with Gasteiger partial charge in [-0.15, -0.1) is 0 Å². The summed E-state index contributed by atoms with van der Waals surface area (Å²) < 4.78 is 83.0. The van der Waals surface area contributed by atoms with Gasteiger partial charge in [0, 0.05) is 6.42 Å². The molecule has 0 rings (SSSR count). The molecule has 85 valence electrons. The van der Waals surface area contributed by atoms with Crippen molar-refractivity contribution in [2.45, 2.75) is 30.9 Å². The van der Waals surface area contributed by atoms with Gasteiger partial charge >= 0.3 is 18.0 Å². The van der Waals surface area contributed by atoms with Crippen LogP contribution < -0.4 is 0 Å². The average Bonchev–Trinajstić information content (AvgIpc) is 1.98. The van der Waals surface area contributed by atoms with Crippen LogP contribution in [0.1, 0.15) is 12.8 Å². The highest BCUT2D eigenvalue weighted by atomic mass is 19.4. The Morgan fingerprint density at radius 3 is 1.57 bits per heavy atom. The molecule has 0 aromatic carbocycles. The topological polar surface area (TPSA) is 19.9 Å². The lowest BCUT2D eigenvalue weighted by molar-refractivity contribution is -0.356. The van der Waals surface area contributed by atoms with Gasteiger partial charge in [0.1, 0.15) is 0 Å². The molecular formula is C6H6F7O. The molecule has 0 aromatic rings. The van der Waals surface area contributed by atoms with Crippen molar-refractivity contribution < 1.29 is 35.8 Å². The van der Waals surface area contributed by atoms with Crippen molar-refractivity contribution in [3.05, 3.63) is 0 Å². The third-order valence-corrected chi connectivity index (χ3v) is 1.45. The van der Waals surface area contributed by atoms with Gasteiger partial charge in [-0.05, 0) is 6.42 Å². The lowest BCUT2D eigenvalue weighted by atomic mass is 10.1. The smallest absolute Gasteiger partial charge is 0.237 e. The van der Waals surface area contributed by atoms with Crippen LogP contribution in [0.25, 0.3) is 0 Å². The van der Waals surface area contributed by atoms with Gasteiger partial charge < -0.3 is 0 Å². The second-order valence-electron chi connectivity index (χ2n) is 2.58. The van der Waals surface area contributed by atoms with Crippen molar-refractivity contribution in [1.29, 1.82) is 0 Å². The fraction of sp³-hybridized carbons (Fsp3) is 1.00. The van der Waals surface area contributed by atoms with E-state index in [-0.39, 0.29) is 0 Å². The molecule has 1 nitrogen and oxygen atoms in total. The zero-order valence-electron chi connectivity index (χ0n) is 6.68. The summed E-state index contributed by atoms with van der Waals surface area (Å²) in [6.45, 7) is -1.12. The fourth-order valence-electron chi connectivity index (χ4n) is 0.659. The highest BCUT2D eigenvalue weighted by Gasteiger charge is 2.72. The standard InChI is InChI=1S/C6H6F7O/c7-4(8,2-1-3-14)5(9,10)6(11,12)13/h1-3H2. The molecule has 0 aliphatic heterocycles. The van der Waals surface area contributed by atoms with Crippen LogP contribution in [0.15, 0.2) is 0 Å². The van der Waals surface area contributed by atoms with Gasteiger partial charge in [0.2, 0.25) is 0 Å². The van der Waals surface area contributed by atoms with E-state index < -0.39 is 37.5 Å². The van der Waals surface area contributed by atoms with E-state index in [0.717, 1.165) is 0 Å². The Labute approximate surface area is 74.5 Å². The maximum Gasteiger partial charge on any atom is 0.459 e. The Morgan fingerprint density at radius 1 is 0.857 bits per heavy atom. The molecule has 0 bridgehead atoms. The lowest BCUT2D eigenvalue weighted by Crippen LogP contribution is -2.51. The molecule has 8 heteroatoms. The maximum absolute atomic E-state index is 12.3. The normalized spacial score (nSPS) is 14.6. The minimum Gasteiger partial charge on any atom is -0.237 e. The second-order valence-corrected chi connectivity index (χ2v) is 2.58. The molecule has 0 heterocycles. The molecule has 0 N–H and O–H groups in total. The van der Waals surface area contributed by atoms with E-state index in [9.17, 15) is 35.8 Å². The van der Waals surface area contributed by atoms with Crippen molar-refractivity contribution in [3.63, 3.8) is 0 Å². The Kier molecular flexibility index (Phi) is 3.77. The summed E-state index contributed by atoms with van der Waals surface area (Å²) >= 11 is 0. The number of rotatable bonds is 4. The molecule has 0 amide bonds. The van der Waals surface area contributed by atoms with Gasteiger partial charge in [0.25, 0.3) is 0 Å². The molecule has 0 unspecified atom stereocenters. The molecule has 1 radical (unpaired) electrons. The average molecular weight is 227 g/mol. The van der Waals surface area contributed by atoms with Crippen LogP contribution in [0.5, 0.6) is 0 Å². The van der Waals surface area contributed by atoms with Gasteiger partial charge in [0.05, 0.1) is 6.61 Å². The van der Waals surface area contributed by atoms with Gasteiger partial charge in [-0.3, -0.25) is 0 Å². The van der Waals surface area contributed by atoms with Crippen LogP contribution in [0.2, 0.25) is 0 Å². The molecule has 14 heavy (non-hydrogen) atoms. The summed E-state index contributed by atoms with van der Waals surface area (Å²) in [5.74, 6) is -11.3. The van der Waals surface area contributed by atoms with Crippen LogP contribution in [0.4, 0.5) is 30.7 Å². The van der Waals surface area contributed by atoms with Crippen molar-refractivity contribution >= 4 is 0 Å². The molecule has 0 fully saturated rings. The highest BCUT2D eigenvalue weighted by Crippen LogP contribution is 2.48. The zero-order valence-corrected chi connectivity index (χ0v) is 6.68. The van der Waals surface area contributed by atoms with Crippen LogP contribution in [-0.2, 0) is 5.11 Å². The largest absolute Gasteiger partial charge is 0.459 e. The summed E-state index contributed by atoms with van der Waals surface area (Å²) in [6.07, 6.45) is -9.01. The van der Waals surface area contributed by atoms with E-state index in [4.69, 9.17) is 0 Å². The zero-order chi connectivity index (χ0) is 11.6. The minimum absolute atomic E-state index is 0.932. The van der Waals surface area contributed by atoms with Crippen molar-refractivity contribution in [2.75, 3.05) is 6.61 Å².